The lowest BCUT2D eigenvalue weighted by molar-refractivity contribution is -0.119. The fourth-order valence-electron chi connectivity index (χ4n) is 2.43. The van der Waals surface area contributed by atoms with E-state index in [2.05, 4.69) is 15.7 Å². The summed E-state index contributed by atoms with van der Waals surface area (Å²) in [7, 11) is 1.48. The Morgan fingerprint density at radius 3 is 2.32 bits per heavy atom. The highest BCUT2D eigenvalue weighted by molar-refractivity contribution is 6.05. The van der Waals surface area contributed by atoms with Gasteiger partial charge in [-0.2, -0.15) is 9.78 Å². The highest BCUT2D eigenvalue weighted by Gasteiger charge is 2.17. The second-order valence-corrected chi connectivity index (χ2v) is 5.30. The summed E-state index contributed by atoms with van der Waals surface area (Å²) < 4.78 is 1.19. The number of likely N-dealkylation sites (N-methyl/N-ethyl adjacent to an activating group) is 1. The molecule has 0 spiro atoms. The van der Waals surface area contributed by atoms with Crippen LogP contribution >= 0.6 is 0 Å². The van der Waals surface area contributed by atoms with E-state index in [4.69, 9.17) is 0 Å². The third-order valence-corrected chi connectivity index (χ3v) is 3.71. The van der Waals surface area contributed by atoms with E-state index in [0.717, 1.165) is 0 Å². The largest absolute Gasteiger partial charge is 0.358 e. The zero-order valence-electron chi connectivity index (χ0n) is 13.5. The fraction of sp³-hybridized carbons (Fsp3) is 0.111. The first-order chi connectivity index (χ1) is 12.1. The van der Waals surface area contributed by atoms with Crippen LogP contribution in [-0.4, -0.2) is 35.2 Å². The van der Waals surface area contributed by atoms with E-state index in [9.17, 15) is 14.4 Å². The van der Waals surface area contributed by atoms with E-state index in [1.165, 1.54) is 11.7 Å². The van der Waals surface area contributed by atoms with E-state index in [1.807, 2.05) is 6.07 Å². The molecule has 0 unspecified atom stereocenters. The smallest absolute Gasteiger partial charge is 0.279 e. The Bertz CT molecular complexity index is 996. The first-order valence-electron chi connectivity index (χ1n) is 7.68. The van der Waals surface area contributed by atoms with E-state index in [-0.39, 0.29) is 23.7 Å². The van der Waals surface area contributed by atoms with E-state index in [0.29, 0.717) is 16.5 Å². The lowest BCUT2D eigenvalue weighted by atomic mass is 10.1. The van der Waals surface area contributed by atoms with Gasteiger partial charge in [-0.25, -0.2) is 0 Å². The molecule has 7 heteroatoms. The summed E-state index contributed by atoms with van der Waals surface area (Å²) in [5.41, 5.74) is 0.325. The molecule has 3 aromatic rings. The highest BCUT2D eigenvalue weighted by atomic mass is 16.2. The normalized spacial score (nSPS) is 10.4. The fourth-order valence-corrected chi connectivity index (χ4v) is 2.43. The third kappa shape index (κ3) is 3.25. The first-order valence-corrected chi connectivity index (χ1v) is 7.68. The molecule has 0 saturated carbocycles. The second-order valence-electron chi connectivity index (χ2n) is 5.30. The van der Waals surface area contributed by atoms with Crippen molar-refractivity contribution in [2.75, 3.05) is 13.6 Å². The maximum atomic E-state index is 12.7. The van der Waals surface area contributed by atoms with Gasteiger partial charge >= 0.3 is 0 Å². The lowest BCUT2D eigenvalue weighted by Gasteiger charge is -2.11. The number of para-hydroxylation sites is 1. The number of hydrogen-bond donors (Lipinski definition) is 2. The van der Waals surface area contributed by atoms with Crippen molar-refractivity contribution < 1.29 is 9.59 Å². The molecular weight excluding hydrogens is 320 g/mol. The van der Waals surface area contributed by atoms with Gasteiger partial charge in [-0.3, -0.25) is 14.4 Å². The number of fused-ring (bicyclic) bond motifs is 1. The van der Waals surface area contributed by atoms with Crippen LogP contribution in [0.15, 0.2) is 59.4 Å². The molecule has 1 aromatic heterocycles. The molecule has 0 atom stereocenters. The Balaban J connectivity index is 2.14. The van der Waals surface area contributed by atoms with Crippen molar-refractivity contribution in [1.29, 1.82) is 0 Å². The van der Waals surface area contributed by atoms with E-state index in [1.54, 1.807) is 48.5 Å². The van der Waals surface area contributed by atoms with Crippen LogP contribution in [0.1, 0.15) is 10.5 Å². The molecule has 0 aliphatic heterocycles. The van der Waals surface area contributed by atoms with Crippen molar-refractivity contribution in [2.45, 2.75) is 0 Å². The molecule has 1 heterocycles. The molecule has 2 aromatic carbocycles. The number of benzene rings is 2. The average Bonchev–Trinajstić information content (AvgIpc) is 2.67. The zero-order valence-corrected chi connectivity index (χ0v) is 13.5. The van der Waals surface area contributed by atoms with Crippen molar-refractivity contribution in [3.05, 3.63) is 70.6 Å². The predicted octanol–water partition coefficient (Wildman–Crippen LogP) is 0.861. The van der Waals surface area contributed by atoms with Crippen molar-refractivity contribution in [1.82, 2.24) is 20.4 Å². The van der Waals surface area contributed by atoms with Gasteiger partial charge in [0.25, 0.3) is 11.5 Å². The minimum absolute atomic E-state index is 0.0861. The summed E-state index contributed by atoms with van der Waals surface area (Å²) in [6, 6.07) is 15.6. The maximum absolute atomic E-state index is 12.7. The van der Waals surface area contributed by atoms with Gasteiger partial charge in [-0.1, -0.05) is 36.4 Å². The van der Waals surface area contributed by atoms with Gasteiger partial charge in [0.2, 0.25) is 5.91 Å². The molecule has 3 rings (SSSR count). The van der Waals surface area contributed by atoms with Gasteiger partial charge in [-0.15, -0.1) is 0 Å². The number of carbonyl (C=O) groups excluding carboxylic acids is 2. The zero-order chi connectivity index (χ0) is 17.8. The van der Waals surface area contributed by atoms with Crippen LogP contribution in [0.25, 0.3) is 16.5 Å². The van der Waals surface area contributed by atoms with Crippen LogP contribution in [0.4, 0.5) is 0 Å². The summed E-state index contributed by atoms with van der Waals surface area (Å²) >= 11 is 0. The van der Waals surface area contributed by atoms with Crippen molar-refractivity contribution in [2.24, 2.45) is 0 Å². The molecule has 0 radical (unpaired) electrons. The molecule has 25 heavy (non-hydrogen) atoms. The lowest BCUT2D eigenvalue weighted by Crippen LogP contribution is -2.36. The van der Waals surface area contributed by atoms with Crippen LogP contribution < -0.4 is 16.2 Å². The minimum Gasteiger partial charge on any atom is -0.358 e. The van der Waals surface area contributed by atoms with Gasteiger partial charge in [-0.05, 0) is 18.2 Å². The Kier molecular flexibility index (Phi) is 4.56. The van der Waals surface area contributed by atoms with Gasteiger partial charge in [0.05, 0.1) is 17.6 Å². The Labute approximate surface area is 143 Å². The molecule has 7 nitrogen and oxygen atoms in total. The van der Waals surface area contributed by atoms with Gasteiger partial charge in [0.1, 0.15) is 0 Å². The van der Waals surface area contributed by atoms with Crippen molar-refractivity contribution >= 4 is 22.6 Å². The number of aromatic nitrogens is 2. The number of nitrogens with zero attached hydrogens (tertiary/aromatic N) is 2. The van der Waals surface area contributed by atoms with Gasteiger partial charge < -0.3 is 10.6 Å². The molecule has 126 valence electrons. The highest BCUT2D eigenvalue weighted by Crippen LogP contribution is 2.15. The third-order valence-electron chi connectivity index (χ3n) is 3.71. The molecule has 0 fully saturated rings. The van der Waals surface area contributed by atoms with Crippen LogP contribution in [-0.2, 0) is 4.79 Å². The summed E-state index contributed by atoms with van der Waals surface area (Å²) in [5, 5.41) is 9.99. The molecular formula is C18H16N4O3. The molecule has 2 N–H and O–H groups in total. The van der Waals surface area contributed by atoms with E-state index >= 15 is 0 Å². The molecule has 0 bridgehead atoms. The Morgan fingerprint density at radius 1 is 1.00 bits per heavy atom. The van der Waals surface area contributed by atoms with Gasteiger partial charge in [0, 0.05) is 12.4 Å². The first kappa shape index (κ1) is 16.4. The predicted molar refractivity (Wildman–Crippen MR) is 93.7 cm³/mol. The van der Waals surface area contributed by atoms with Crippen LogP contribution in [0.3, 0.4) is 0 Å². The van der Waals surface area contributed by atoms with Crippen molar-refractivity contribution in [3.8, 4) is 5.69 Å². The number of nitrogens with one attached hydrogen (secondary N) is 2. The van der Waals surface area contributed by atoms with Crippen LogP contribution in [0.2, 0.25) is 0 Å². The number of hydrogen-bond acceptors (Lipinski definition) is 4. The summed E-state index contributed by atoms with van der Waals surface area (Å²) in [4.78, 5) is 36.6. The summed E-state index contributed by atoms with van der Waals surface area (Å²) in [6.45, 7) is -0.171. The molecule has 2 amide bonds. The molecule has 0 saturated heterocycles. The monoisotopic (exact) mass is 336 g/mol. The van der Waals surface area contributed by atoms with Crippen LogP contribution in [0.5, 0.6) is 0 Å². The maximum Gasteiger partial charge on any atom is 0.279 e. The average molecular weight is 336 g/mol. The molecule has 0 aliphatic carbocycles. The summed E-state index contributed by atoms with van der Waals surface area (Å²) in [6.07, 6.45) is 0. The van der Waals surface area contributed by atoms with Crippen molar-refractivity contribution in [3.63, 3.8) is 0 Å². The Hall–Kier alpha value is -3.48. The van der Waals surface area contributed by atoms with Gasteiger partial charge in [0.15, 0.2) is 5.69 Å². The number of amides is 2. The Morgan fingerprint density at radius 2 is 1.64 bits per heavy atom. The number of carbonyl (C=O) groups is 2. The SMILES string of the molecule is CNC(=O)CNC(=O)c1nn(-c2ccccc2)c(=O)c2ccccc12. The minimum atomic E-state index is -0.524. The topological polar surface area (TPSA) is 93.1 Å². The molecule has 0 aliphatic rings. The second kappa shape index (κ2) is 6.96. The number of rotatable bonds is 4. The van der Waals surface area contributed by atoms with E-state index < -0.39 is 5.91 Å². The van der Waals surface area contributed by atoms with Crippen LogP contribution in [0, 0.1) is 0 Å². The standard InChI is InChI=1S/C18H16N4O3/c1-19-15(23)11-20-17(24)16-13-9-5-6-10-14(13)18(25)22(21-16)12-7-3-2-4-8-12/h2-10H,11H2,1H3,(H,19,23)(H,20,24). The quantitative estimate of drug-likeness (QED) is 0.739. The summed E-state index contributed by atoms with van der Waals surface area (Å²) in [5.74, 6) is -0.849.